The molecule has 0 heterocycles. The second kappa shape index (κ2) is 9.35. The fourth-order valence-electron chi connectivity index (χ4n) is 3.05. The molecule has 0 saturated carbocycles. The average Bonchev–Trinajstić information content (AvgIpc) is 2.60. The number of benzene rings is 2. The Kier molecular flexibility index (Phi) is 7.16. The number of aliphatic carboxylic acids is 1. The van der Waals surface area contributed by atoms with Crippen molar-refractivity contribution >= 4 is 5.97 Å². The van der Waals surface area contributed by atoms with Gasteiger partial charge in [-0.2, -0.15) is 0 Å². The van der Waals surface area contributed by atoms with Gasteiger partial charge in [-0.15, -0.1) is 0 Å². The average molecular weight is 341 g/mol. The Labute approximate surface area is 149 Å². The maximum atomic E-state index is 11.5. The molecule has 0 radical (unpaired) electrons. The van der Waals surface area contributed by atoms with Crippen LogP contribution in [0.2, 0.25) is 0 Å². The molecule has 4 nitrogen and oxygen atoms in total. The molecule has 0 bridgehead atoms. The SMILES string of the molecule is CC(C)C[C@@H]([C@H](O)C(=O)O)N(Cc1ccccc1)Cc1ccccc1. The first kappa shape index (κ1) is 19.2. The minimum absolute atomic E-state index is 0.285. The fraction of sp³-hybridized carbons (Fsp3) is 0.381. The Hall–Kier alpha value is -2.17. The van der Waals surface area contributed by atoms with E-state index < -0.39 is 18.1 Å². The van der Waals surface area contributed by atoms with E-state index in [0.29, 0.717) is 19.5 Å². The number of rotatable bonds is 9. The molecule has 0 aliphatic rings. The molecule has 2 aromatic rings. The van der Waals surface area contributed by atoms with Crippen molar-refractivity contribution in [3.8, 4) is 0 Å². The highest BCUT2D eigenvalue weighted by atomic mass is 16.4. The van der Waals surface area contributed by atoms with E-state index in [1.54, 1.807) is 0 Å². The summed E-state index contributed by atoms with van der Waals surface area (Å²) in [6.45, 7) is 5.28. The zero-order valence-electron chi connectivity index (χ0n) is 14.9. The van der Waals surface area contributed by atoms with Crippen LogP contribution >= 0.6 is 0 Å². The van der Waals surface area contributed by atoms with Gasteiger partial charge in [-0.3, -0.25) is 4.90 Å². The highest BCUT2D eigenvalue weighted by Crippen LogP contribution is 2.21. The minimum atomic E-state index is -1.41. The number of carboxylic acid groups (broad SMARTS) is 1. The van der Waals surface area contributed by atoms with Crippen LogP contribution in [0.25, 0.3) is 0 Å². The molecule has 0 unspecified atom stereocenters. The Bertz CT molecular complexity index is 601. The summed E-state index contributed by atoms with van der Waals surface area (Å²) in [5.74, 6) is -0.884. The van der Waals surface area contributed by atoms with Crippen LogP contribution < -0.4 is 0 Å². The monoisotopic (exact) mass is 341 g/mol. The van der Waals surface area contributed by atoms with Crippen molar-refractivity contribution in [2.75, 3.05) is 0 Å². The predicted molar refractivity (Wildman–Crippen MR) is 99.0 cm³/mol. The summed E-state index contributed by atoms with van der Waals surface area (Å²) in [5, 5.41) is 19.7. The smallest absolute Gasteiger partial charge is 0.334 e. The Morgan fingerprint density at radius 1 is 0.920 bits per heavy atom. The predicted octanol–water partition coefficient (Wildman–Crippen LogP) is 3.55. The van der Waals surface area contributed by atoms with Gasteiger partial charge in [0.2, 0.25) is 0 Å². The maximum Gasteiger partial charge on any atom is 0.334 e. The molecule has 0 saturated heterocycles. The zero-order valence-corrected chi connectivity index (χ0v) is 14.9. The summed E-state index contributed by atoms with van der Waals surface area (Å²) in [6.07, 6.45) is -0.789. The van der Waals surface area contributed by atoms with Gasteiger partial charge >= 0.3 is 5.97 Å². The lowest BCUT2D eigenvalue weighted by Crippen LogP contribution is -2.47. The van der Waals surface area contributed by atoms with Crippen molar-refractivity contribution in [2.45, 2.75) is 45.5 Å². The van der Waals surface area contributed by atoms with Gasteiger partial charge in [-0.05, 0) is 23.5 Å². The number of carboxylic acids is 1. The molecule has 2 rings (SSSR count). The van der Waals surface area contributed by atoms with E-state index in [-0.39, 0.29) is 5.92 Å². The van der Waals surface area contributed by atoms with Crippen LogP contribution in [-0.4, -0.2) is 33.2 Å². The molecular weight excluding hydrogens is 314 g/mol. The van der Waals surface area contributed by atoms with Crippen molar-refractivity contribution in [1.82, 2.24) is 4.90 Å². The van der Waals surface area contributed by atoms with Gasteiger partial charge in [0.25, 0.3) is 0 Å². The maximum absolute atomic E-state index is 11.5. The van der Waals surface area contributed by atoms with E-state index in [1.165, 1.54) is 0 Å². The molecule has 0 aromatic heterocycles. The summed E-state index contributed by atoms with van der Waals surface area (Å²) in [5.41, 5.74) is 2.20. The standard InChI is InChI=1S/C21H27NO3/c1-16(2)13-19(20(23)21(24)25)22(14-17-9-5-3-6-10-17)15-18-11-7-4-8-12-18/h3-12,16,19-20,23H,13-15H2,1-2H3,(H,24,25)/t19-,20-/m0/s1. The van der Waals surface area contributed by atoms with Crippen LogP contribution in [0.15, 0.2) is 60.7 Å². The highest BCUT2D eigenvalue weighted by Gasteiger charge is 2.31. The number of nitrogens with zero attached hydrogens (tertiary/aromatic N) is 1. The van der Waals surface area contributed by atoms with Gasteiger partial charge in [0, 0.05) is 19.1 Å². The molecule has 0 spiro atoms. The second-order valence-corrected chi connectivity index (χ2v) is 6.86. The molecule has 4 heteroatoms. The van der Waals surface area contributed by atoms with Crippen LogP contribution in [-0.2, 0) is 17.9 Å². The summed E-state index contributed by atoms with van der Waals surface area (Å²) in [6, 6.07) is 19.5. The van der Waals surface area contributed by atoms with Gasteiger partial charge in [0.05, 0.1) is 0 Å². The van der Waals surface area contributed by atoms with Crippen LogP contribution in [0, 0.1) is 5.92 Å². The first-order valence-electron chi connectivity index (χ1n) is 8.70. The van der Waals surface area contributed by atoms with E-state index in [4.69, 9.17) is 0 Å². The third kappa shape index (κ3) is 6.00. The summed E-state index contributed by atoms with van der Waals surface area (Å²) in [4.78, 5) is 13.5. The summed E-state index contributed by atoms with van der Waals surface area (Å²) >= 11 is 0. The van der Waals surface area contributed by atoms with Crippen LogP contribution in [0.1, 0.15) is 31.4 Å². The van der Waals surface area contributed by atoms with Crippen molar-refractivity contribution in [3.63, 3.8) is 0 Å². The van der Waals surface area contributed by atoms with Crippen molar-refractivity contribution in [2.24, 2.45) is 5.92 Å². The van der Waals surface area contributed by atoms with Crippen molar-refractivity contribution < 1.29 is 15.0 Å². The topological polar surface area (TPSA) is 60.8 Å². The Morgan fingerprint density at radius 2 is 1.36 bits per heavy atom. The molecule has 0 aliphatic heterocycles. The second-order valence-electron chi connectivity index (χ2n) is 6.86. The third-order valence-corrected chi connectivity index (χ3v) is 4.26. The number of carbonyl (C=O) groups is 1. The van der Waals surface area contributed by atoms with Gasteiger partial charge in [-0.25, -0.2) is 4.79 Å². The van der Waals surface area contributed by atoms with Gasteiger partial charge < -0.3 is 10.2 Å². The number of aliphatic hydroxyl groups excluding tert-OH is 1. The van der Waals surface area contributed by atoms with Crippen LogP contribution in [0.3, 0.4) is 0 Å². The van der Waals surface area contributed by atoms with Crippen LogP contribution in [0.4, 0.5) is 0 Å². The molecule has 0 aliphatic carbocycles. The summed E-state index contributed by atoms with van der Waals surface area (Å²) < 4.78 is 0. The fourth-order valence-corrected chi connectivity index (χ4v) is 3.05. The summed E-state index contributed by atoms with van der Waals surface area (Å²) in [7, 11) is 0. The molecule has 2 aromatic carbocycles. The number of hydrogen-bond donors (Lipinski definition) is 2. The Balaban J connectivity index is 2.30. The third-order valence-electron chi connectivity index (χ3n) is 4.26. The number of hydrogen-bond acceptors (Lipinski definition) is 3. The molecule has 134 valence electrons. The molecule has 2 atom stereocenters. The molecule has 0 fully saturated rings. The van der Waals surface area contributed by atoms with Gasteiger partial charge in [0.1, 0.15) is 0 Å². The zero-order chi connectivity index (χ0) is 18.2. The molecular formula is C21H27NO3. The van der Waals surface area contributed by atoms with Gasteiger partial charge in [0.15, 0.2) is 6.10 Å². The van der Waals surface area contributed by atoms with Crippen molar-refractivity contribution in [1.29, 1.82) is 0 Å². The lowest BCUT2D eigenvalue weighted by molar-refractivity contribution is -0.151. The molecule has 2 N–H and O–H groups in total. The van der Waals surface area contributed by atoms with E-state index in [2.05, 4.69) is 4.90 Å². The quantitative estimate of drug-likeness (QED) is 0.732. The van der Waals surface area contributed by atoms with Crippen molar-refractivity contribution in [3.05, 3.63) is 71.8 Å². The van der Waals surface area contributed by atoms with Gasteiger partial charge in [-0.1, -0.05) is 74.5 Å². The normalized spacial score (nSPS) is 13.8. The largest absolute Gasteiger partial charge is 0.479 e. The lowest BCUT2D eigenvalue weighted by Gasteiger charge is -2.34. The lowest BCUT2D eigenvalue weighted by atomic mass is 9.96. The molecule has 0 amide bonds. The van der Waals surface area contributed by atoms with E-state index in [0.717, 1.165) is 11.1 Å². The molecule has 25 heavy (non-hydrogen) atoms. The first-order chi connectivity index (χ1) is 12.0. The highest BCUT2D eigenvalue weighted by molar-refractivity contribution is 5.72. The number of aliphatic hydroxyl groups is 1. The van der Waals surface area contributed by atoms with Crippen LogP contribution in [0.5, 0.6) is 0 Å². The minimum Gasteiger partial charge on any atom is -0.479 e. The van der Waals surface area contributed by atoms with E-state index in [1.807, 2.05) is 74.5 Å². The van der Waals surface area contributed by atoms with E-state index >= 15 is 0 Å². The first-order valence-corrected chi connectivity index (χ1v) is 8.70. The van der Waals surface area contributed by atoms with E-state index in [9.17, 15) is 15.0 Å². The Morgan fingerprint density at radius 3 is 1.72 bits per heavy atom.